The van der Waals surface area contributed by atoms with E-state index in [4.69, 9.17) is 9.47 Å². The maximum Gasteiger partial charge on any atom is 0.282 e. The predicted molar refractivity (Wildman–Crippen MR) is 102 cm³/mol. The first-order valence-corrected chi connectivity index (χ1v) is 12.1. The molecule has 1 heterocycles. The van der Waals surface area contributed by atoms with Gasteiger partial charge in [-0.1, -0.05) is 24.3 Å². The monoisotopic (exact) mass is 406 g/mol. The van der Waals surface area contributed by atoms with Gasteiger partial charge in [0, 0.05) is 17.9 Å². The van der Waals surface area contributed by atoms with Crippen molar-refractivity contribution in [2.75, 3.05) is 12.9 Å². The SMILES string of the molecule is CCOC1=CC(c2ccc(F)cc2)[SiH](c2ccc(S(C)(=O)=O)cc2)C(=O)O1. The van der Waals surface area contributed by atoms with E-state index in [-0.39, 0.29) is 27.8 Å². The number of hydrogen-bond donors (Lipinski definition) is 0. The van der Waals surface area contributed by atoms with Gasteiger partial charge in [0.15, 0.2) is 9.84 Å². The molecule has 142 valence electrons. The van der Waals surface area contributed by atoms with Gasteiger partial charge in [0.05, 0.1) is 11.5 Å². The Bertz CT molecular complexity index is 968. The van der Waals surface area contributed by atoms with Crippen LogP contribution in [0.1, 0.15) is 18.0 Å². The van der Waals surface area contributed by atoms with Crippen LogP contribution in [0.25, 0.3) is 0 Å². The summed E-state index contributed by atoms with van der Waals surface area (Å²) in [5.41, 5.74) is 0.119. The van der Waals surface area contributed by atoms with E-state index in [9.17, 15) is 17.6 Å². The Morgan fingerprint density at radius 1 is 1.11 bits per heavy atom. The molecule has 1 aliphatic heterocycles. The second-order valence-electron chi connectivity index (χ2n) is 6.24. The quantitative estimate of drug-likeness (QED) is 0.714. The van der Waals surface area contributed by atoms with Crippen LogP contribution in [0.3, 0.4) is 0 Å². The molecule has 0 amide bonds. The number of hydrogen-bond acceptors (Lipinski definition) is 5. The Morgan fingerprint density at radius 2 is 1.74 bits per heavy atom. The van der Waals surface area contributed by atoms with Gasteiger partial charge >= 0.3 is 0 Å². The summed E-state index contributed by atoms with van der Waals surface area (Å²) in [6.07, 6.45) is 2.88. The molecule has 0 radical (unpaired) electrons. The lowest BCUT2D eigenvalue weighted by atomic mass is 10.1. The van der Waals surface area contributed by atoms with Crippen molar-refractivity contribution in [1.82, 2.24) is 0 Å². The number of carbonyl (C=O) groups excluding carboxylic acids is 1. The number of allylic oxidation sites excluding steroid dienone is 1. The van der Waals surface area contributed by atoms with E-state index < -0.39 is 18.6 Å². The van der Waals surface area contributed by atoms with E-state index in [2.05, 4.69) is 0 Å². The predicted octanol–water partition coefficient (Wildman–Crippen LogP) is 2.60. The van der Waals surface area contributed by atoms with Crippen molar-refractivity contribution >= 4 is 29.4 Å². The third-order valence-electron chi connectivity index (χ3n) is 4.34. The molecule has 0 saturated heterocycles. The highest BCUT2D eigenvalue weighted by molar-refractivity contribution is 7.90. The largest absolute Gasteiger partial charge is 0.466 e. The lowest BCUT2D eigenvalue weighted by Crippen LogP contribution is -2.47. The minimum atomic E-state index is -3.32. The molecule has 0 fully saturated rings. The molecule has 5 nitrogen and oxygen atoms in total. The van der Waals surface area contributed by atoms with Crippen LogP contribution in [-0.2, 0) is 19.3 Å². The highest BCUT2D eigenvalue weighted by Crippen LogP contribution is 2.29. The van der Waals surface area contributed by atoms with Gasteiger partial charge in [0.25, 0.3) is 11.5 Å². The second kappa shape index (κ2) is 7.65. The second-order valence-corrected chi connectivity index (χ2v) is 11.1. The smallest absolute Gasteiger partial charge is 0.282 e. The van der Waals surface area contributed by atoms with Crippen LogP contribution in [0.15, 0.2) is 65.4 Å². The molecular weight excluding hydrogens is 387 g/mol. The fourth-order valence-electron chi connectivity index (χ4n) is 3.05. The molecule has 0 spiro atoms. The van der Waals surface area contributed by atoms with Crippen molar-refractivity contribution < 1.29 is 27.1 Å². The van der Waals surface area contributed by atoms with Crippen LogP contribution < -0.4 is 5.19 Å². The zero-order chi connectivity index (χ0) is 19.6. The van der Waals surface area contributed by atoms with Gasteiger partial charge in [-0.3, -0.25) is 4.79 Å². The van der Waals surface area contributed by atoms with E-state index in [1.165, 1.54) is 24.3 Å². The summed E-state index contributed by atoms with van der Waals surface area (Å²) in [6, 6.07) is 12.3. The van der Waals surface area contributed by atoms with Crippen LogP contribution in [0.2, 0.25) is 0 Å². The van der Waals surface area contributed by atoms with E-state index in [1.807, 2.05) is 0 Å². The average molecular weight is 407 g/mol. The molecule has 2 aromatic carbocycles. The van der Waals surface area contributed by atoms with Gasteiger partial charge < -0.3 is 9.47 Å². The number of benzene rings is 2. The van der Waals surface area contributed by atoms with Gasteiger partial charge in [0.2, 0.25) is 8.80 Å². The summed E-state index contributed by atoms with van der Waals surface area (Å²) in [5, 5.41) is 0.744. The third kappa shape index (κ3) is 4.28. The summed E-state index contributed by atoms with van der Waals surface area (Å²) in [6.45, 7) is 2.14. The normalized spacial score (nSPS) is 20.0. The molecule has 27 heavy (non-hydrogen) atoms. The zero-order valence-electron chi connectivity index (χ0n) is 14.9. The van der Waals surface area contributed by atoms with Crippen LogP contribution in [0.5, 0.6) is 0 Å². The first-order chi connectivity index (χ1) is 12.8. The molecule has 3 rings (SSSR count). The van der Waals surface area contributed by atoms with Gasteiger partial charge in [-0.05, 0) is 41.9 Å². The number of cyclic esters (lactones) is 1. The highest BCUT2D eigenvalue weighted by atomic mass is 32.2. The summed E-state index contributed by atoms with van der Waals surface area (Å²) in [5.74, 6) is -0.213. The van der Waals surface area contributed by atoms with Gasteiger partial charge in [0.1, 0.15) is 5.82 Å². The van der Waals surface area contributed by atoms with Crippen LogP contribution in [0, 0.1) is 5.82 Å². The number of ether oxygens (including phenoxy) is 2. The minimum absolute atomic E-state index is 0.147. The van der Waals surface area contributed by atoms with Crippen LogP contribution in [-0.4, -0.2) is 35.7 Å². The number of halogens is 1. The topological polar surface area (TPSA) is 69.7 Å². The summed E-state index contributed by atoms with van der Waals surface area (Å²) in [4.78, 5) is 12.9. The molecular formula is C19H19FO5SSi. The Hall–Kier alpha value is -2.45. The van der Waals surface area contributed by atoms with Crippen molar-refractivity contribution in [3.63, 3.8) is 0 Å². The lowest BCUT2D eigenvalue weighted by molar-refractivity contribution is 0.0811. The molecule has 0 aliphatic carbocycles. The summed E-state index contributed by atoms with van der Waals surface area (Å²) < 4.78 is 47.4. The Kier molecular flexibility index (Phi) is 5.47. The van der Waals surface area contributed by atoms with Crippen molar-refractivity contribution in [2.24, 2.45) is 0 Å². The molecule has 0 bridgehead atoms. The Morgan fingerprint density at radius 3 is 2.30 bits per heavy atom. The minimum Gasteiger partial charge on any atom is -0.466 e. The number of rotatable bonds is 5. The molecule has 1 aliphatic rings. The highest BCUT2D eigenvalue weighted by Gasteiger charge is 2.39. The first-order valence-electron chi connectivity index (χ1n) is 8.41. The molecule has 0 saturated carbocycles. The zero-order valence-corrected chi connectivity index (χ0v) is 16.9. The lowest BCUT2D eigenvalue weighted by Gasteiger charge is -2.27. The number of carbonyl (C=O) groups is 1. The van der Waals surface area contributed by atoms with E-state index in [0.717, 1.165) is 17.0 Å². The van der Waals surface area contributed by atoms with E-state index in [1.54, 1.807) is 37.3 Å². The summed E-state index contributed by atoms with van der Waals surface area (Å²) in [7, 11) is -5.73. The fourth-order valence-corrected chi connectivity index (χ4v) is 6.46. The van der Waals surface area contributed by atoms with Crippen molar-refractivity contribution in [3.05, 3.63) is 71.9 Å². The first kappa shape index (κ1) is 19.3. The molecule has 2 atom stereocenters. The maximum atomic E-state index is 13.3. The standard InChI is InChI=1S/C19H19FO5SSi/c1-3-24-18-12-17(13-4-6-14(20)7-5-13)27(19(21)25-18)16-10-8-15(9-11-16)26(2,22)23/h4-12,17,27H,3H2,1-2H3. The summed E-state index contributed by atoms with van der Waals surface area (Å²) >= 11 is 0. The van der Waals surface area contributed by atoms with Crippen LogP contribution >= 0.6 is 0 Å². The molecule has 8 heteroatoms. The Labute approximate surface area is 159 Å². The van der Waals surface area contributed by atoms with E-state index >= 15 is 0 Å². The van der Waals surface area contributed by atoms with Crippen LogP contribution in [0.4, 0.5) is 9.18 Å². The number of sulfone groups is 1. The van der Waals surface area contributed by atoms with Gasteiger partial charge in [-0.25, -0.2) is 12.8 Å². The Balaban J connectivity index is 2.05. The van der Waals surface area contributed by atoms with Gasteiger partial charge in [-0.2, -0.15) is 0 Å². The van der Waals surface area contributed by atoms with Crippen molar-refractivity contribution in [2.45, 2.75) is 17.4 Å². The molecule has 0 aromatic heterocycles. The average Bonchev–Trinajstić information content (AvgIpc) is 2.61. The molecule has 0 N–H and O–H groups in total. The fraction of sp³-hybridized carbons (Fsp3) is 0.211. The van der Waals surface area contributed by atoms with Gasteiger partial charge in [-0.15, -0.1) is 0 Å². The van der Waals surface area contributed by atoms with Crippen molar-refractivity contribution in [3.8, 4) is 0 Å². The molecule has 2 aromatic rings. The van der Waals surface area contributed by atoms with Crippen molar-refractivity contribution in [1.29, 1.82) is 0 Å². The molecule has 2 unspecified atom stereocenters. The van der Waals surface area contributed by atoms with E-state index in [0.29, 0.717) is 6.61 Å². The maximum absolute atomic E-state index is 13.3. The third-order valence-corrected chi connectivity index (χ3v) is 8.49.